The van der Waals surface area contributed by atoms with Gasteiger partial charge >= 0.3 is 5.97 Å². The van der Waals surface area contributed by atoms with Crippen LogP contribution < -0.4 is 0 Å². The molecule has 68 heavy (non-hydrogen) atoms. The molecule has 0 saturated carbocycles. The van der Waals surface area contributed by atoms with Crippen molar-refractivity contribution in [3.05, 3.63) is 0 Å². The summed E-state index contributed by atoms with van der Waals surface area (Å²) in [6, 6.07) is 0. The average Bonchev–Trinajstić information content (AvgIpc) is 3.34. The first-order valence-electron chi connectivity index (χ1n) is 16.9. The first-order valence-corrected chi connectivity index (χ1v) is 16.9. The lowest BCUT2D eigenvalue weighted by molar-refractivity contribution is -0.134. The predicted octanol–water partition coefficient (Wildman–Crippen LogP) is 0.246. The molecule has 0 radical (unpaired) electrons. The first kappa shape index (κ1) is 53.4. The second-order valence-electron chi connectivity index (χ2n) is 8.47. The molecule has 0 bridgehead atoms. The van der Waals surface area contributed by atoms with Crippen LogP contribution in [0.2, 0.25) is 0 Å². The quantitative estimate of drug-likeness (QED) is 0.259. The van der Waals surface area contributed by atoms with Crippen molar-refractivity contribution in [1.82, 2.24) is 0 Å². The molecule has 0 atom stereocenters. The van der Waals surface area contributed by atoms with E-state index in [9.17, 15) is 4.79 Å². The summed E-state index contributed by atoms with van der Waals surface area (Å²) in [6.07, 6.45) is 7.04. The lowest BCUT2D eigenvalue weighted by Crippen LogP contribution is -1.89. The lowest BCUT2D eigenvalue weighted by atomic mass is 10.4. The number of esters is 1. The second-order valence-corrected chi connectivity index (χ2v) is 8.47. The fourth-order valence-corrected chi connectivity index (χ4v) is 2.00. The van der Waals surface area contributed by atoms with Crippen LogP contribution in [0, 0.1) is 380 Å². The van der Waals surface area contributed by atoms with Gasteiger partial charge in [-0.25, -0.2) is 0 Å². The summed E-state index contributed by atoms with van der Waals surface area (Å²) >= 11 is 0. The molecule has 0 aromatic carbocycles. The Hall–Kier alpha value is -14.6. The van der Waals surface area contributed by atoms with Crippen molar-refractivity contribution in [2.45, 2.75) is 6.92 Å². The summed E-state index contributed by atoms with van der Waals surface area (Å²) in [6.45, 7) is 1.23. The summed E-state index contributed by atoms with van der Waals surface area (Å²) in [5.74, 6) is 153. The molecule has 0 fully saturated rings. The van der Waals surface area contributed by atoms with Crippen LogP contribution in [0.5, 0.6) is 0 Å². The van der Waals surface area contributed by atoms with Crippen molar-refractivity contribution >= 4 is 5.97 Å². The van der Waals surface area contributed by atoms with Crippen molar-refractivity contribution < 1.29 is 9.53 Å². The largest absolute Gasteiger partial charge is 0.371 e. The smallest absolute Gasteiger partial charge is 0.316 e. The molecular weight excluding hydrogens is 825 g/mol. The Balaban J connectivity index is 4.59. The van der Waals surface area contributed by atoms with E-state index in [0.717, 1.165) is 0 Å². The van der Waals surface area contributed by atoms with Crippen LogP contribution in [0.25, 0.3) is 0 Å². The summed E-state index contributed by atoms with van der Waals surface area (Å²) in [7, 11) is 0. The van der Waals surface area contributed by atoms with Gasteiger partial charge in [-0.3, -0.25) is 4.79 Å². The Morgan fingerprint density at radius 3 is 0.412 bits per heavy atom. The van der Waals surface area contributed by atoms with Crippen molar-refractivity contribution in [1.29, 1.82) is 0 Å². The Kier molecular flexibility index (Phi) is 39.6. The van der Waals surface area contributed by atoms with Crippen LogP contribution >= 0.6 is 0 Å². The van der Waals surface area contributed by atoms with Gasteiger partial charge in [0.15, 0.2) is 0 Å². The van der Waals surface area contributed by atoms with Crippen LogP contribution in [-0.4, -0.2) is 5.97 Å². The zero-order chi connectivity index (χ0) is 48.8. The summed E-state index contributed by atoms with van der Waals surface area (Å²) in [4.78, 5) is 10.5. The van der Waals surface area contributed by atoms with E-state index in [1.807, 2.05) is 0 Å². The molecule has 2 nitrogen and oxygen atoms in total. The average molecular weight is 829 g/mol. The van der Waals surface area contributed by atoms with E-state index in [1.54, 1.807) is 0 Å². The fourth-order valence-electron chi connectivity index (χ4n) is 2.00. The highest BCUT2D eigenvalue weighted by Gasteiger charge is 1.81. The Labute approximate surface area is 400 Å². The van der Waals surface area contributed by atoms with Crippen LogP contribution in [0.15, 0.2) is 0 Å². The van der Waals surface area contributed by atoms with Gasteiger partial charge < -0.3 is 4.74 Å². The van der Waals surface area contributed by atoms with Crippen molar-refractivity contribution in [2.75, 3.05) is 0 Å². The highest BCUT2D eigenvalue weighted by molar-refractivity contribution is 5.67. The Morgan fingerprint density at radius 2 is 0.309 bits per heavy atom. The molecular formula is C66H4O2. The van der Waals surface area contributed by atoms with E-state index in [-0.39, 0.29) is 0 Å². The third-order valence-electron chi connectivity index (χ3n) is 4.07. The minimum Gasteiger partial charge on any atom is -0.371 e. The Morgan fingerprint density at radius 1 is 0.206 bits per heavy atom. The first-order chi connectivity index (χ1) is 33.8. The van der Waals surface area contributed by atoms with Crippen molar-refractivity contribution in [3.8, 4) is 380 Å². The van der Waals surface area contributed by atoms with Crippen LogP contribution in [-0.2, 0) is 9.53 Å². The molecule has 0 N–H and O–H groups in total. The van der Waals surface area contributed by atoms with E-state index < -0.39 is 5.97 Å². The van der Waals surface area contributed by atoms with Gasteiger partial charge in [0.25, 0.3) is 0 Å². The second kappa shape index (κ2) is 50.4. The van der Waals surface area contributed by atoms with E-state index in [0.29, 0.717) is 0 Å². The molecule has 0 saturated heterocycles. The third-order valence-corrected chi connectivity index (χ3v) is 4.07. The number of carbonyl (C=O) groups excluding carboxylic acids is 1. The molecule has 0 aliphatic carbocycles. The van der Waals surface area contributed by atoms with Gasteiger partial charge in [-0.1, -0.05) is 0 Å². The highest BCUT2D eigenvalue weighted by Crippen LogP contribution is 1.69. The molecule has 0 amide bonds. The van der Waals surface area contributed by atoms with E-state index >= 15 is 0 Å². The SMILES string of the molecule is C#CC#CC#CC#CC#CC#CC#CC#CC#CC#CC#CC#CC#CC#CC#CC#CC#CC#CC#CC#CC#CC#CC#CC#CC#CC#CC#CC#CC#CC#CC#CC#COC(C)=O. The summed E-state index contributed by atoms with van der Waals surface area (Å²) < 4.78 is 4.37. The van der Waals surface area contributed by atoms with Gasteiger partial charge in [0, 0.05) is 327 Å². The molecule has 2 heteroatoms. The monoisotopic (exact) mass is 828 g/mol. The molecule has 0 aromatic heterocycles. The van der Waals surface area contributed by atoms with Crippen LogP contribution in [0.1, 0.15) is 6.92 Å². The molecule has 0 rings (SSSR count). The topological polar surface area (TPSA) is 26.3 Å². The number of terminal acetylenes is 1. The summed E-state index contributed by atoms with van der Waals surface area (Å²) in [5, 5.41) is 0. The van der Waals surface area contributed by atoms with Crippen LogP contribution in [0.3, 0.4) is 0 Å². The van der Waals surface area contributed by atoms with Gasteiger partial charge in [0.1, 0.15) is 6.11 Å². The van der Waals surface area contributed by atoms with Gasteiger partial charge in [-0.2, -0.15) is 0 Å². The predicted molar refractivity (Wildman–Crippen MR) is 262 cm³/mol. The number of carbonyl (C=O) groups is 1. The minimum atomic E-state index is -0.525. The van der Waals surface area contributed by atoms with Crippen LogP contribution in [0.4, 0.5) is 0 Å². The van der Waals surface area contributed by atoms with Crippen molar-refractivity contribution in [2.24, 2.45) is 0 Å². The normalized spacial score (nSPS) is 4.18. The van der Waals surface area contributed by atoms with Gasteiger partial charge in [0.05, 0.1) is 0 Å². The maximum absolute atomic E-state index is 10.5. The summed E-state index contributed by atoms with van der Waals surface area (Å²) in [5.41, 5.74) is 0. The third kappa shape index (κ3) is 51.4. The number of hydrogen-bond donors (Lipinski definition) is 0. The maximum Gasteiger partial charge on any atom is 0.316 e. The molecule has 0 heterocycles. The van der Waals surface area contributed by atoms with E-state index in [1.165, 1.54) is 6.92 Å². The standard InChI is InChI=1S/C66H4O2/c1-3-4-5-6-7-8-9-10-11-12-13-14-15-16-17-18-19-20-21-22-23-24-25-26-27-28-29-30-31-32-33-34-35-36-37-38-39-40-41-42-43-44-45-46-47-48-49-50-51-52-53-54-55-56-57-58-59-60-61-62-63-64-65-68-66(2)67/h1H,2H3. The zero-order valence-corrected chi connectivity index (χ0v) is 34.4. The number of ether oxygens (including phenoxy) is 1. The Bertz CT molecular complexity index is 4340. The molecule has 0 aliphatic heterocycles. The van der Waals surface area contributed by atoms with Gasteiger partial charge in [0.2, 0.25) is 0 Å². The van der Waals surface area contributed by atoms with E-state index in [2.05, 4.69) is 378 Å². The molecule has 0 unspecified atom stereocenters. The minimum absolute atomic E-state index is 0.525. The maximum atomic E-state index is 10.5. The zero-order valence-electron chi connectivity index (χ0n) is 34.4. The van der Waals surface area contributed by atoms with E-state index in [4.69, 9.17) is 6.42 Å². The highest BCUT2D eigenvalue weighted by atomic mass is 16.5. The fraction of sp³-hybridized carbons (Fsp3) is 0.0152. The molecule has 0 aromatic rings. The molecule has 0 spiro atoms. The molecule has 280 valence electrons. The lowest BCUT2D eigenvalue weighted by Gasteiger charge is -1.79. The molecule has 0 aliphatic rings. The van der Waals surface area contributed by atoms with Gasteiger partial charge in [-0.05, 0) is 47.4 Å². The number of hydrogen-bond acceptors (Lipinski definition) is 2. The number of rotatable bonds is 0. The van der Waals surface area contributed by atoms with Gasteiger partial charge in [-0.15, -0.1) is 6.42 Å². The van der Waals surface area contributed by atoms with Crippen molar-refractivity contribution in [3.63, 3.8) is 0 Å².